The van der Waals surface area contributed by atoms with Crippen LogP contribution in [0.2, 0.25) is 0 Å². The van der Waals surface area contributed by atoms with Crippen LogP contribution in [-0.4, -0.2) is 5.78 Å². The van der Waals surface area contributed by atoms with Crippen molar-refractivity contribution in [1.82, 2.24) is 0 Å². The second-order valence-corrected chi connectivity index (χ2v) is 4.55. The topological polar surface area (TPSA) is 17.1 Å². The molecule has 0 atom stereocenters. The van der Waals surface area contributed by atoms with Crippen molar-refractivity contribution < 1.29 is 22.4 Å². The molecule has 0 aliphatic carbocycles. The normalized spacial score (nSPS) is 10.6. The quantitative estimate of drug-likeness (QED) is 0.594. The van der Waals surface area contributed by atoms with Crippen LogP contribution < -0.4 is 0 Å². The number of rotatable bonds is 2. The van der Waals surface area contributed by atoms with Gasteiger partial charge in [0.1, 0.15) is 23.3 Å². The van der Waals surface area contributed by atoms with E-state index in [2.05, 4.69) is 15.9 Å². The van der Waals surface area contributed by atoms with Crippen molar-refractivity contribution in [3.63, 3.8) is 0 Å². The van der Waals surface area contributed by atoms with Gasteiger partial charge in [-0.3, -0.25) is 4.79 Å². The van der Waals surface area contributed by atoms with Crippen LogP contribution in [0, 0.1) is 23.3 Å². The molecule has 2 aromatic rings. The van der Waals surface area contributed by atoms with E-state index in [4.69, 9.17) is 0 Å². The fourth-order valence-corrected chi connectivity index (χ4v) is 2.10. The van der Waals surface area contributed by atoms with Gasteiger partial charge in [0, 0.05) is 22.2 Å². The summed E-state index contributed by atoms with van der Waals surface area (Å²) in [6, 6.07) is 3.88. The van der Waals surface area contributed by atoms with Crippen LogP contribution in [0.1, 0.15) is 15.9 Å². The molecule has 19 heavy (non-hydrogen) atoms. The molecule has 2 aromatic carbocycles. The van der Waals surface area contributed by atoms with Gasteiger partial charge in [0.15, 0.2) is 5.78 Å². The van der Waals surface area contributed by atoms with E-state index in [0.29, 0.717) is 12.1 Å². The molecule has 0 N–H and O–H groups in total. The predicted molar refractivity (Wildman–Crippen MR) is 63.8 cm³/mol. The molecule has 0 unspecified atom stereocenters. The summed E-state index contributed by atoms with van der Waals surface area (Å²) in [5.41, 5.74) is -1.00. The fraction of sp³-hybridized carbons (Fsp3) is 0. The summed E-state index contributed by atoms with van der Waals surface area (Å²) in [7, 11) is 0. The minimum atomic E-state index is -1.31. The van der Waals surface area contributed by atoms with Gasteiger partial charge in [0.2, 0.25) is 0 Å². The van der Waals surface area contributed by atoms with Crippen LogP contribution in [0.4, 0.5) is 17.6 Å². The Morgan fingerprint density at radius 1 is 0.895 bits per heavy atom. The summed E-state index contributed by atoms with van der Waals surface area (Å²) < 4.78 is 52.6. The first-order valence-electron chi connectivity index (χ1n) is 5.04. The molecule has 2 rings (SSSR count). The third-order valence-corrected chi connectivity index (χ3v) is 3.07. The molecule has 0 fully saturated rings. The summed E-state index contributed by atoms with van der Waals surface area (Å²) >= 11 is 2.93. The lowest BCUT2D eigenvalue weighted by molar-refractivity contribution is 0.103. The molecule has 0 aliphatic heterocycles. The van der Waals surface area contributed by atoms with Gasteiger partial charge in [0.05, 0.1) is 5.56 Å². The van der Waals surface area contributed by atoms with Crippen LogP contribution in [-0.2, 0) is 0 Å². The highest BCUT2D eigenvalue weighted by molar-refractivity contribution is 9.10. The maximum Gasteiger partial charge on any atom is 0.200 e. The Kier molecular flexibility index (Phi) is 3.71. The molecule has 0 amide bonds. The van der Waals surface area contributed by atoms with E-state index in [9.17, 15) is 22.4 Å². The summed E-state index contributed by atoms with van der Waals surface area (Å²) in [6.45, 7) is 0. The lowest BCUT2D eigenvalue weighted by Gasteiger charge is -2.06. The molecule has 0 radical (unpaired) electrons. The zero-order valence-electron chi connectivity index (χ0n) is 9.18. The zero-order chi connectivity index (χ0) is 14.2. The first-order valence-corrected chi connectivity index (χ1v) is 5.83. The second-order valence-electron chi connectivity index (χ2n) is 3.70. The van der Waals surface area contributed by atoms with Crippen LogP contribution in [0.3, 0.4) is 0 Å². The molecule has 0 spiro atoms. The lowest BCUT2D eigenvalue weighted by atomic mass is 10.0. The molecule has 98 valence electrons. The van der Waals surface area contributed by atoms with E-state index in [1.807, 2.05) is 0 Å². The van der Waals surface area contributed by atoms with Crippen molar-refractivity contribution in [2.75, 3.05) is 0 Å². The average molecular weight is 333 g/mol. The Morgan fingerprint density at radius 3 is 2.00 bits per heavy atom. The van der Waals surface area contributed by atoms with Gasteiger partial charge in [-0.1, -0.05) is 0 Å². The highest BCUT2D eigenvalue weighted by atomic mass is 79.9. The molecule has 0 bridgehead atoms. The Morgan fingerprint density at radius 2 is 1.47 bits per heavy atom. The molecule has 1 nitrogen and oxygen atoms in total. The van der Waals surface area contributed by atoms with Gasteiger partial charge < -0.3 is 0 Å². The van der Waals surface area contributed by atoms with Crippen LogP contribution in [0.5, 0.6) is 0 Å². The van der Waals surface area contributed by atoms with E-state index in [1.165, 1.54) is 0 Å². The SMILES string of the molecule is O=C(c1ccc(F)cc1Br)c1c(F)cc(F)cc1F. The van der Waals surface area contributed by atoms with Gasteiger partial charge in [-0.25, -0.2) is 17.6 Å². The van der Waals surface area contributed by atoms with Crippen LogP contribution >= 0.6 is 15.9 Å². The number of benzene rings is 2. The minimum Gasteiger partial charge on any atom is -0.288 e. The first kappa shape index (κ1) is 13.7. The molecule has 0 saturated carbocycles. The molecular weight excluding hydrogens is 328 g/mol. The zero-order valence-corrected chi connectivity index (χ0v) is 10.8. The second kappa shape index (κ2) is 5.13. The van der Waals surface area contributed by atoms with Crippen LogP contribution in [0.15, 0.2) is 34.8 Å². The van der Waals surface area contributed by atoms with E-state index in [1.54, 1.807) is 0 Å². The number of hydrogen-bond donors (Lipinski definition) is 0. The van der Waals surface area contributed by atoms with Crippen molar-refractivity contribution in [1.29, 1.82) is 0 Å². The number of halogens is 5. The monoisotopic (exact) mass is 332 g/mol. The number of ketones is 1. The van der Waals surface area contributed by atoms with Gasteiger partial charge in [0.25, 0.3) is 0 Å². The predicted octanol–water partition coefficient (Wildman–Crippen LogP) is 4.24. The molecule has 0 heterocycles. The molecule has 0 aromatic heterocycles. The molecule has 0 saturated heterocycles. The average Bonchev–Trinajstić information content (AvgIpc) is 2.26. The summed E-state index contributed by atoms with van der Waals surface area (Å²) in [4.78, 5) is 12.0. The number of carbonyl (C=O) groups excluding carboxylic acids is 1. The highest BCUT2D eigenvalue weighted by Gasteiger charge is 2.22. The van der Waals surface area contributed by atoms with Crippen molar-refractivity contribution in [2.45, 2.75) is 0 Å². The fourth-order valence-electron chi connectivity index (χ4n) is 1.57. The van der Waals surface area contributed by atoms with E-state index in [0.717, 1.165) is 18.2 Å². The Bertz CT molecular complexity index is 647. The van der Waals surface area contributed by atoms with Crippen LogP contribution in [0.25, 0.3) is 0 Å². The van der Waals surface area contributed by atoms with Crippen molar-refractivity contribution in [3.8, 4) is 0 Å². The molecular formula is C13H5BrF4O. The number of hydrogen-bond acceptors (Lipinski definition) is 1. The summed E-state index contributed by atoms with van der Waals surface area (Å²) in [5.74, 6) is -5.34. The van der Waals surface area contributed by atoms with Gasteiger partial charge in [-0.2, -0.15) is 0 Å². The Balaban J connectivity index is 2.56. The van der Waals surface area contributed by atoms with E-state index < -0.39 is 34.6 Å². The summed E-state index contributed by atoms with van der Waals surface area (Å²) in [5, 5.41) is 0. The smallest absolute Gasteiger partial charge is 0.200 e. The Hall–Kier alpha value is -1.69. The maximum atomic E-state index is 13.5. The molecule has 6 heteroatoms. The standard InChI is InChI=1S/C13H5BrF4O/c14-9-3-6(15)1-2-8(9)13(19)12-10(17)4-7(16)5-11(12)18/h1-5H. The van der Waals surface area contributed by atoms with Gasteiger partial charge in [-0.05, 0) is 34.1 Å². The van der Waals surface area contributed by atoms with E-state index >= 15 is 0 Å². The van der Waals surface area contributed by atoms with Crippen molar-refractivity contribution in [3.05, 3.63) is 69.2 Å². The maximum absolute atomic E-state index is 13.5. The largest absolute Gasteiger partial charge is 0.288 e. The Labute approximate surface area is 114 Å². The third-order valence-electron chi connectivity index (χ3n) is 2.41. The highest BCUT2D eigenvalue weighted by Crippen LogP contribution is 2.24. The molecule has 0 aliphatic rings. The van der Waals surface area contributed by atoms with Crippen molar-refractivity contribution >= 4 is 21.7 Å². The summed E-state index contributed by atoms with van der Waals surface area (Å²) in [6.07, 6.45) is 0. The number of carbonyl (C=O) groups is 1. The lowest BCUT2D eigenvalue weighted by Crippen LogP contribution is -2.09. The first-order chi connectivity index (χ1) is 8.90. The van der Waals surface area contributed by atoms with E-state index in [-0.39, 0.29) is 10.0 Å². The van der Waals surface area contributed by atoms with Gasteiger partial charge in [-0.15, -0.1) is 0 Å². The third kappa shape index (κ3) is 2.68. The van der Waals surface area contributed by atoms with Crippen molar-refractivity contribution in [2.24, 2.45) is 0 Å². The minimum absolute atomic E-state index is 0.0561. The van der Waals surface area contributed by atoms with Gasteiger partial charge >= 0.3 is 0 Å².